The van der Waals surface area contributed by atoms with Crippen molar-refractivity contribution in [3.05, 3.63) is 36.5 Å². The second-order valence-corrected chi connectivity index (χ2v) is 6.05. The highest BCUT2D eigenvalue weighted by atomic mass is 16.8. The number of hydrogen-bond donors (Lipinski definition) is 3. The van der Waals surface area contributed by atoms with Crippen LogP contribution in [0.4, 0.5) is 0 Å². The predicted molar refractivity (Wildman–Crippen MR) is 94.1 cm³/mol. The van der Waals surface area contributed by atoms with Gasteiger partial charge in [-0.1, -0.05) is 19.7 Å². The van der Waals surface area contributed by atoms with Crippen molar-refractivity contribution in [2.75, 3.05) is 19.8 Å². The van der Waals surface area contributed by atoms with Gasteiger partial charge in [-0.3, -0.25) is 0 Å². The van der Waals surface area contributed by atoms with Crippen molar-refractivity contribution in [2.24, 2.45) is 0 Å². The van der Waals surface area contributed by atoms with Crippen LogP contribution in [0, 0.1) is 0 Å². The van der Waals surface area contributed by atoms with Crippen LogP contribution in [0.3, 0.4) is 0 Å². The Balaban J connectivity index is 6.52. The lowest BCUT2D eigenvalue weighted by Crippen LogP contribution is -2.66. The van der Waals surface area contributed by atoms with Crippen molar-refractivity contribution >= 4 is 17.9 Å². The van der Waals surface area contributed by atoms with E-state index in [9.17, 15) is 29.7 Å². The third-order valence-corrected chi connectivity index (χ3v) is 3.52. The van der Waals surface area contributed by atoms with Gasteiger partial charge in [-0.2, -0.15) is 0 Å². The van der Waals surface area contributed by atoms with Gasteiger partial charge in [-0.15, -0.1) is 0 Å². The molecule has 152 valence electrons. The van der Waals surface area contributed by atoms with Gasteiger partial charge in [0, 0.05) is 29.7 Å². The van der Waals surface area contributed by atoms with E-state index in [1.807, 2.05) is 0 Å². The number of carbonyl (C=O) groups is 3. The molecule has 0 fully saturated rings. The Morgan fingerprint density at radius 3 is 1.37 bits per heavy atom. The fraction of sp³-hybridized carbons (Fsp3) is 0.500. The predicted octanol–water partition coefficient (Wildman–Crippen LogP) is 0.146. The summed E-state index contributed by atoms with van der Waals surface area (Å²) >= 11 is 0. The molecule has 27 heavy (non-hydrogen) atoms. The molecule has 0 amide bonds. The summed E-state index contributed by atoms with van der Waals surface area (Å²) in [6.45, 7) is 11.1. The van der Waals surface area contributed by atoms with Crippen LogP contribution in [-0.4, -0.2) is 64.4 Å². The summed E-state index contributed by atoms with van der Waals surface area (Å²) in [6.07, 6.45) is -0.546. The molecule has 0 bridgehead atoms. The number of ether oxygens (including phenoxy) is 3. The number of aliphatic hydroxyl groups excluding tert-OH is 3. The van der Waals surface area contributed by atoms with Crippen molar-refractivity contribution in [2.45, 2.75) is 38.6 Å². The van der Waals surface area contributed by atoms with E-state index in [-0.39, 0.29) is 16.7 Å². The summed E-state index contributed by atoms with van der Waals surface area (Å²) in [5, 5.41) is 29.3. The molecule has 0 aromatic carbocycles. The third-order valence-electron chi connectivity index (χ3n) is 3.52. The van der Waals surface area contributed by atoms with Crippen molar-refractivity contribution in [3.63, 3.8) is 0 Å². The monoisotopic (exact) mass is 386 g/mol. The van der Waals surface area contributed by atoms with E-state index < -0.39 is 55.5 Å². The maximum absolute atomic E-state index is 12.1. The van der Waals surface area contributed by atoms with Crippen molar-refractivity contribution < 1.29 is 43.9 Å². The van der Waals surface area contributed by atoms with Gasteiger partial charge in [0.05, 0.1) is 6.61 Å². The summed E-state index contributed by atoms with van der Waals surface area (Å²) in [5.41, 5.74) is -2.67. The Bertz CT molecular complexity index is 607. The third kappa shape index (κ3) is 5.75. The van der Waals surface area contributed by atoms with Gasteiger partial charge in [-0.05, 0) is 20.8 Å². The number of hydrogen-bond acceptors (Lipinski definition) is 9. The minimum Gasteiger partial charge on any atom is -0.445 e. The topological polar surface area (TPSA) is 140 Å². The van der Waals surface area contributed by atoms with Crippen LogP contribution in [0.25, 0.3) is 0 Å². The van der Waals surface area contributed by atoms with Crippen LogP contribution in [0.2, 0.25) is 0 Å². The van der Waals surface area contributed by atoms with E-state index in [0.29, 0.717) is 0 Å². The fourth-order valence-electron chi connectivity index (χ4n) is 1.89. The fourth-order valence-corrected chi connectivity index (χ4v) is 1.89. The van der Waals surface area contributed by atoms with Gasteiger partial charge >= 0.3 is 23.7 Å². The first-order chi connectivity index (χ1) is 12.4. The second-order valence-electron chi connectivity index (χ2n) is 6.05. The molecular weight excluding hydrogens is 360 g/mol. The number of aliphatic hydroxyl groups is 3. The molecule has 0 aliphatic heterocycles. The zero-order valence-corrected chi connectivity index (χ0v) is 15.7. The number of rotatable bonds is 11. The lowest BCUT2D eigenvalue weighted by molar-refractivity contribution is -0.315. The summed E-state index contributed by atoms with van der Waals surface area (Å²) in [6, 6.07) is 0. The summed E-state index contributed by atoms with van der Waals surface area (Å²) in [4.78, 5) is 36.3. The van der Waals surface area contributed by atoms with Crippen molar-refractivity contribution in [1.82, 2.24) is 0 Å². The van der Waals surface area contributed by atoms with Gasteiger partial charge in [0.15, 0.2) is 0 Å². The van der Waals surface area contributed by atoms with Crippen LogP contribution in [0.5, 0.6) is 0 Å². The maximum Gasteiger partial charge on any atom is 0.336 e. The Kier molecular flexibility index (Phi) is 9.08. The minimum atomic E-state index is -2.68. The largest absolute Gasteiger partial charge is 0.445 e. The Labute approximate surface area is 157 Å². The smallest absolute Gasteiger partial charge is 0.336 e. The highest BCUT2D eigenvalue weighted by molar-refractivity contribution is 5.90. The first-order valence-electron chi connectivity index (χ1n) is 7.91. The molecule has 1 atom stereocenters. The zero-order chi connectivity index (χ0) is 21.4. The van der Waals surface area contributed by atoms with Gasteiger partial charge in [-0.25, -0.2) is 14.4 Å². The highest BCUT2D eigenvalue weighted by Gasteiger charge is 2.61. The number of carbonyl (C=O) groups excluding carboxylic acids is 3. The first kappa shape index (κ1) is 24.5. The van der Waals surface area contributed by atoms with Crippen molar-refractivity contribution in [3.8, 4) is 0 Å². The van der Waals surface area contributed by atoms with Gasteiger partial charge < -0.3 is 29.5 Å². The molecule has 0 aliphatic carbocycles. The molecule has 0 saturated heterocycles. The molecule has 0 aromatic heterocycles. The Hall–Kier alpha value is -2.49. The van der Waals surface area contributed by atoms with Crippen LogP contribution >= 0.6 is 0 Å². The highest BCUT2D eigenvalue weighted by Crippen LogP contribution is 2.36. The normalized spacial score (nSPS) is 13.1. The Morgan fingerprint density at radius 1 is 0.741 bits per heavy atom. The van der Waals surface area contributed by atoms with Crippen LogP contribution in [0.1, 0.15) is 27.2 Å². The lowest BCUT2D eigenvalue weighted by Gasteiger charge is -2.45. The SMILES string of the molecule is C=C(C)C(=O)OC(CO)(CCO)C(CO)(OC(=O)C(=C)C)OC(=O)C(=C)C. The van der Waals surface area contributed by atoms with Gasteiger partial charge in [0.25, 0.3) is 0 Å². The molecule has 0 spiro atoms. The molecule has 9 heteroatoms. The second kappa shape index (κ2) is 10.0. The molecule has 0 heterocycles. The van der Waals surface area contributed by atoms with Gasteiger partial charge in [0.2, 0.25) is 5.60 Å². The van der Waals surface area contributed by atoms with E-state index in [1.54, 1.807) is 0 Å². The van der Waals surface area contributed by atoms with Gasteiger partial charge in [0.1, 0.15) is 6.61 Å². The van der Waals surface area contributed by atoms with Crippen LogP contribution < -0.4 is 0 Å². The minimum absolute atomic E-state index is 0.0879. The quantitative estimate of drug-likeness (QED) is 0.257. The molecule has 0 aromatic rings. The molecular formula is C18H26O9. The summed E-state index contributed by atoms with van der Waals surface area (Å²) in [7, 11) is 0. The van der Waals surface area contributed by atoms with E-state index in [2.05, 4.69) is 19.7 Å². The van der Waals surface area contributed by atoms with E-state index in [1.165, 1.54) is 20.8 Å². The molecule has 3 N–H and O–H groups in total. The summed E-state index contributed by atoms with van der Waals surface area (Å²) < 4.78 is 15.4. The average molecular weight is 386 g/mol. The van der Waals surface area contributed by atoms with Crippen LogP contribution in [0.15, 0.2) is 36.5 Å². The molecule has 9 nitrogen and oxygen atoms in total. The standard InChI is InChI=1S/C18H26O9/c1-11(2)14(22)25-17(9-20,7-8-19)18(10-21,26-15(23)12(3)4)27-16(24)13(5)6/h19-21H,1,3,5,7-10H2,2,4,6H3. The molecule has 0 rings (SSSR count). The lowest BCUT2D eigenvalue weighted by atomic mass is 9.89. The zero-order valence-electron chi connectivity index (χ0n) is 15.7. The number of esters is 3. The average Bonchev–Trinajstić information content (AvgIpc) is 2.59. The molecule has 1 unspecified atom stereocenters. The van der Waals surface area contributed by atoms with Crippen molar-refractivity contribution in [1.29, 1.82) is 0 Å². The summed E-state index contributed by atoms with van der Waals surface area (Å²) in [5.74, 6) is -5.91. The van der Waals surface area contributed by atoms with E-state index in [4.69, 9.17) is 14.2 Å². The van der Waals surface area contributed by atoms with Crippen LogP contribution in [-0.2, 0) is 28.6 Å². The molecule has 0 aliphatic rings. The molecule has 0 radical (unpaired) electrons. The molecule has 0 saturated carbocycles. The first-order valence-corrected chi connectivity index (χ1v) is 7.91. The maximum atomic E-state index is 12.1. The Morgan fingerprint density at radius 2 is 1.11 bits per heavy atom. The van der Waals surface area contributed by atoms with E-state index >= 15 is 0 Å². The van der Waals surface area contributed by atoms with E-state index in [0.717, 1.165) is 0 Å².